The van der Waals surface area contributed by atoms with Gasteiger partial charge in [-0.05, 0) is 45.0 Å². The molecule has 1 atom stereocenters. The van der Waals surface area contributed by atoms with E-state index >= 15 is 0 Å². The van der Waals surface area contributed by atoms with Crippen LogP contribution in [-0.2, 0) is 4.74 Å². The molecule has 0 saturated carbocycles. The molecule has 0 bridgehead atoms. The van der Waals surface area contributed by atoms with Crippen molar-refractivity contribution in [2.75, 3.05) is 45.7 Å². The quantitative estimate of drug-likeness (QED) is 0.730. The van der Waals surface area contributed by atoms with Crippen molar-refractivity contribution in [3.63, 3.8) is 0 Å². The molecule has 4 rings (SSSR count). The SMILES string of the molecule is COCCCC1CN(C2=Nc3ccccc3Nc3sc(C)cc32)CCN1C.Cl. The molecule has 1 unspecified atom stereocenters. The Morgan fingerprint density at radius 2 is 2.11 bits per heavy atom. The largest absolute Gasteiger partial charge is 0.385 e. The molecule has 0 radical (unpaired) electrons. The molecule has 2 aliphatic heterocycles. The molecule has 1 aromatic heterocycles. The van der Waals surface area contributed by atoms with E-state index in [9.17, 15) is 0 Å². The smallest absolute Gasteiger partial charge is 0.139 e. The van der Waals surface area contributed by atoms with Gasteiger partial charge in [0.15, 0.2) is 0 Å². The van der Waals surface area contributed by atoms with Crippen molar-refractivity contribution in [1.29, 1.82) is 0 Å². The van der Waals surface area contributed by atoms with Crippen molar-refractivity contribution >= 4 is 46.0 Å². The minimum atomic E-state index is 0. The highest BCUT2D eigenvalue weighted by atomic mass is 35.5. The normalized spacial score (nSPS) is 19.0. The summed E-state index contributed by atoms with van der Waals surface area (Å²) in [5.74, 6) is 1.11. The number of benzene rings is 1. The summed E-state index contributed by atoms with van der Waals surface area (Å²) < 4.78 is 5.25. The maximum absolute atomic E-state index is 5.25. The molecule has 1 fully saturated rings. The number of thiophene rings is 1. The average molecular weight is 421 g/mol. The molecule has 0 aliphatic carbocycles. The second-order valence-electron chi connectivity index (χ2n) is 7.39. The zero-order valence-corrected chi connectivity index (χ0v) is 18.4. The summed E-state index contributed by atoms with van der Waals surface area (Å²) in [6.45, 7) is 6.07. The number of fused-ring (bicyclic) bond motifs is 2. The Morgan fingerprint density at radius 3 is 2.93 bits per heavy atom. The van der Waals surface area contributed by atoms with Gasteiger partial charge in [-0.2, -0.15) is 0 Å². The molecule has 5 nitrogen and oxygen atoms in total. The third-order valence-electron chi connectivity index (χ3n) is 5.44. The lowest BCUT2D eigenvalue weighted by molar-refractivity contribution is 0.119. The van der Waals surface area contributed by atoms with Gasteiger partial charge in [-0.3, -0.25) is 4.90 Å². The van der Waals surface area contributed by atoms with Crippen LogP contribution in [0, 0.1) is 6.92 Å². The van der Waals surface area contributed by atoms with Crippen LogP contribution in [0.4, 0.5) is 16.4 Å². The average Bonchev–Trinajstić information content (AvgIpc) is 2.95. The first-order valence-corrected chi connectivity index (χ1v) is 10.5. The Kier molecular flexibility index (Phi) is 6.99. The van der Waals surface area contributed by atoms with E-state index in [4.69, 9.17) is 9.73 Å². The highest BCUT2D eigenvalue weighted by molar-refractivity contribution is 7.16. The van der Waals surface area contributed by atoms with Crippen LogP contribution in [0.25, 0.3) is 0 Å². The number of methoxy groups -OCH3 is 1. The zero-order chi connectivity index (χ0) is 18.8. The lowest BCUT2D eigenvalue weighted by Gasteiger charge is -2.41. The molecular formula is C21H29ClN4OS. The minimum absolute atomic E-state index is 0. The minimum Gasteiger partial charge on any atom is -0.385 e. The van der Waals surface area contributed by atoms with Crippen LogP contribution in [0.15, 0.2) is 35.3 Å². The monoisotopic (exact) mass is 420 g/mol. The van der Waals surface area contributed by atoms with Crippen molar-refractivity contribution in [3.05, 3.63) is 40.8 Å². The Balaban J connectivity index is 0.00000225. The number of rotatable bonds is 4. The number of hydrogen-bond acceptors (Lipinski definition) is 6. The molecule has 1 saturated heterocycles. The van der Waals surface area contributed by atoms with Crippen molar-refractivity contribution in [1.82, 2.24) is 9.80 Å². The number of amidine groups is 1. The Hall–Kier alpha value is -1.60. The number of halogens is 1. The summed E-state index contributed by atoms with van der Waals surface area (Å²) in [6.07, 6.45) is 2.25. The first-order valence-electron chi connectivity index (χ1n) is 9.65. The summed E-state index contributed by atoms with van der Waals surface area (Å²) >= 11 is 1.81. The van der Waals surface area contributed by atoms with Crippen LogP contribution in [0.1, 0.15) is 23.3 Å². The molecule has 0 spiro atoms. The van der Waals surface area contributed by atoms with E-state index in [-0.39, 0.29) is 12.4 Å². The zero-order valence-electron chi connectivity index (χ0n) is 16.8. The van der Waals surface area contributed by atoms with E-state index in [1.165, 1.54) is 15.4 Å². The third kappa shape index (κ3) is 4.35. The first kappa shape index (κ1) is 21.1. The fraction of sp³-hybridized carbons (Fsp3) is 0.476. The van der Waals surface area contributed by atoms with Crippen molar-refractivity contribution in [2.45, 2.75) is 25.8 Å². The van der Waals surface area contributed by atoms with Crippen LogP contribution in [0.2, 0.25) is 0 Å². The molecule has 28 heavy (non-hydrogen) atoms. The van der Waals surface area contributed by atoms with E-state index in [0.717, 1.165) is 56.3 Å². The fourth-order valence-corrected chi connectivity index (χ4v) is 4.82. The number of ether oxygens (including phenoxy) is 1. The highest BCUT2D eigenvalue weighted by Crippen LogP contribution is 2.39. The van der Waals surface area contributed by atoms with E-state index < -0.39 is 0 Å². The van der Waals surface area contributed by atoms with Gasteiger partial charge in [0.05, 0.1) is 16.9 Å². The molecule has 152 valence electrons. The van der Waals surface area contributed by atoms with Gasteiger partial charge in [0.1, 0.15) is 10.8 Å². The number of nitrogens with one attached hydrogen (secondary N) is 1. The van der Waals surface area contributed by atoms with E-state index in [0.29, 0.717) is 6.04 Å². The molecule has 2 aromatic rings. The van der Waals surface area contributed by atoms with Crippen LogP contribution in [-0.4, -0.2) is 62.1 Å². The van der Waals surface area contributed by atoms with Crippen molar-refractivity contribution in [3.8, 4) is 0 Å². The predicted molar refractivity (Wildman–Crippen MR) is 121 cm³/mol. The number of aryl methyl sites for hydroxylation is 1. The van der Waals surface area contributed by atoms with Crippen molar-refractivity contribution < 1.29 is 4.74 Å². The number of likely N-dealkylation sites (N-methyl/N-ethyl adjacent to an activating group) is 1. The summed E-state index contributed by atoms with van der Waals surface area (Å²) in [7, 11) is 4.02. The molecule has 3 heterocycles. The fourth-order valence-electron chi connectivity index (χ4n) is 3.90. The predicted octanol–water partition coefficient (Wildman–Crippen LogP) is 4.66. The van der Waals surface area contributed by atoms with Gasteiger partial charge in [-0.1, -0.05) is 12.1 Å². The second-order valence-corrected chi connectivity index (χ2v) is 8.65. The molecule has 1 N–H and O–H groups in total. The Bertz CT molecular complexity index is 838. The standard InChI is InChI=1S/C21H28N4OS.ClH/c1-15-13-17-20(22-18-8-4-5-9-19(18)23-21(17)27-15)25-11-10-24(2)16(14-25)7-6-12-26-3;/h4-5,8-9,13,16,23H,6-7,10-12,14H2,1-3H3;1H. The topological polar surface area (TPSA) is 40.1 Å². The summed E-state index contributed by atoms with van der Waals surface area (Å²) in [4.78, 5) is 11.4. The van der Waals surface area contributed by atoms with Gasteiger partial charge in [-0.15, -0.1) is 23.7 Å². The van der Waals surface area contributed by atoms with Crippen LogP contribution < -0.4 is 5.32 Å². The maximum atomic E-state index is 5.25. The van der Waals surface area contributed by atoms with E-state index in [1.807, 2.05) is 11.3 Å². The number of hydrogen-bond donors (Lipinski definition) is 1. The van der Waals surface area contributed by atoms with Gasteiger partial charge in [-0.25, -0.2) is 4.99 Å². The number of para-hydroxylation sites is 2. The number of nitrogens with zero attached hydrogens (tertiary/aromatic N) is 3. The second kappa shape index (κ2) is 9.27. The Labute approximate surface area is 177 Å². The van der Waals surface area contributed by atoms with E-state index in [2.05, 4.69) is 59.4 Å². The van der Waals surface area contributed by atoms with Gasteiger partial charge in [0.25, 0.3) is 0 Å². The van der Waals surface area contributed by atoms with Gasteiger partial charge >= 0.3 is 0 Å². The summed E-state index contributed by atoms with van der Waals surface area (Å²) in [6, 6.07) is 11.1. The van der Waals surface area contributed by atoms with Gasteiger partial charge in [0.2, 0.25) is 0 Å². The molecule has 7 heteroatoms. The van der Waals surface area contributed by atoms with Crippen LogP contribution in [0.5, 0.6) is 0 Å². The number of aliphatic imine (C=N–C) groups is 1. The molecular weight excluding hydrogens is 392 g/mol. The van der Waals surface area contributed by atoms with Crippen LogP contribution >= 0.6 is 23.7 Å². The van der Waals surface area contributed by atoms with E-state index in [1.54, 1.807) is 7.11 Å². The molecule has 1 aromatic carbocycles. The van der Waals surface area contributed by atoms with Gasteiger partial charge < -0.3 is 15.0 Å². The first-order chi connectivity index (χ1) is 13.2. The summed E-state index contributed by atoms with van der Waals surface area (Å²) in [5.41, 5.74) is 3.33. The van der Waals surface area contributed by atoms with Crippen LogP contribution in [0.3, 0.4) is 0 Å². The number of anilines is 2. The lowest BCUT2D eigenvalue weighted by atomic mass is 10.1. The third-order valence-corrected chi connectivity index (χ3v) is 6.40. The Morgan fingerprint density at radius 1 is 1.29 bits per heavy atom. The highest BCUT2D eigenvalue weighted by Gasteiger charge is 2.29. The molecule has 0 amide bonds. The van der Waals surface area contributed by atoms with Gasteiger partial charge in [0, 0.05) is 44.3 Å². The molecule has 2 aliphatic rings. The maximum Gasteiger partial charge on any atom is 0.139 e. The number of piperazine rings is 1. The van der Waals surface area contributed by atoms with Crippen molar-refractivity contribution in [2.24, 2.45) is 4.99 Å². The lowest BCUT2D eigenvalue weighted by Crippen LogP contribution is -2.53. The summed E-state index contributed by atoms with van der Waals surface area (Å²) in [5, 5.41) is 4.81.